The third kappa shape index (κ3) is 2.49. The highest BCUT2D eigenvalue weighted by Gasteiger charge is 2.18. The number of carbonyl (C=O) groups is 1. The van der Waals surface area contributed by atoms with Crippen molar-refractivity contribution < 1.29 is 9.90 Å². The third-order valence-corrected chi connectivity index (χ3v) is 2.39. The molecule has 0 aromatic carbocycles. The number of hydrogen-bond acceptors (Lipinski definition) is 5. The van der Waals surface area contributed by atoms with Crippen LogP contribution < -0.4 is 5.73 Å². The Hall–Kier alpha value is -2.34. The zero-order chi connectivity index (χ0) is 13.1. The fourth-order valence-corrected chi connectivity index (χ4v) is 1.51. The van der Waals surface area contributed by atoms with Crippen LogP contribution in [0.1, 0.15) is 17.6 Å². The van der Waals surface area contributed by atoms with E-state index >= 15 is 0 Å². The summed E-state index contributed by atoms with van der Waals surface area (Å²) in [5.74, 6) is -1.05. The second-order valence-corrected chi connectivity index (χ2v) is 3.80. The lowest BCUT2D eigenvalue weighted by molar-refractivity contribution is -0.138. The zero-order valence-electron chi connectivity index (χ0n) is 9.74. The van der Waals surface area contributed by atoms with E-state index in [0.717, 1.165) is 5.56 Å². The Morgan fingerprint density at radius 1 is 1.33 bits per heavy atom. The Morgan fingerprint density at radius 2 is 2.00 bits per heavy atom. The van der Waals surface area contributed by atoms with Gasteiger partial charge in [0.15, 0.2) is 11.9 Å². The van der Waals surface area contributed by atoms with Crippen molar-refractivity contribution in [3.05, 3.63) is 42.1 Å². The first kappa shape index (κ1) is 12.1. The first-order chi connectivity index (χ1) is 8.58. The van der Waals surface area contributed by atoms with Crippen LogP contribution in [0.3, 0.4) is 0 Å². The van der Waals surface area contributed by atoms with E-state index in [9.17, 15) is 4.79 Å². The van der Waals surface area contributed by atoms with Crippen LogP contribution in [0.4, 0.5) is 0 Å². The summed E-state index contributed by atoms with van der Waals surface area (Å²) in [5.41, 5.74) is 7.66. The first-order valence-corrected chi connectivity index (χ1v) is 5.32. The molecule has 0 aliphatic carbocycles. The van der Waals surface area contributed by atoms with E-state index in [-0.39, 0.29) is 5.82 Å². The number of nitrogens with zero attached hydrogens (tertiary/aromatic N) is 3. The Bertz CT molecular complexity index is 572. The minimum absolute atomic E-state index is 0.106. The predicted molar refractivity (Wildman–Crippen MR) is 64.6 cm³/mol. The van der Waals surface area contributed by atoms with Crippen LogP contribution >= 0.6 is 0 Å². The first-order valence-electron chi connectivity index (χ1n) is 5.32. The van der Waals surface area contributed by atoms with E-state index < -0.39 is 12.0 Å². The summed E-state index contributed by atoms with van der Waals surface area (Å²) in [7, 11) is 0. The monoisotopic (exact) mass is 244 g/mol. The fourth-order valence-electron chi connectivity index (χ4n) is 1.51. The maximum atomic E-state index is 10.8. The van der Waals surface area contributed by atoms with Gasteiger partial charge in [-0.15, -0.1) is 0 Å². The van der Waals surface area contributed by atoms with E-state index in [1.807, 2.05) is 0 Å². The van der Waals surface area contributed by atoms with E-state index in [4.69, 9.17) is 10.8 Å². The molecular weight excluding hydrogens is 232 g/mol. The minimum atomic E-state index is -1.22. The molecule has 0 aliphatic heterocycles. The van der Waals surface area contributed by atoms with E-state index in [1.54, 1.807) is 37.5 Å². The van der Waals surface area contributed by atoms with Gasteiger partial charge in [-0.2, -0.15) is 0 Å². The average Bonchev–Trinajstić information content (AvgIpc) is 2.38. The molecule has 0 saturated heterocycles. The molecular formula is C12H12N4O2. The average molecular weight is 244 g/mol. The highest BCUT2D eigenvalue weighted by Crippen LogP contribution is 2.18. The van der Waals surface area contributed by atoms with Crippen LogP contribution in [0.5, 0.6) is 0 Å². The van der Waals surface area contributed by atoms with Gasteiger partial charge >= 0.3 is 5.97 Å². The molecule has 6 heteroatoms. The SMILES string of the molecule is Cc1cc(-c2ccncc2)nc(C(N)C(=O)O)n1. The molecule has 3 N–H and O–H groups in total. The Morgan fingerprint density at radius 3 is 2.61 bits per heavy atom. The van der Waals surface area contributed by atoms with Crippen molar-refractivity contribution in [3.63, 3.8) is 0 Å². The van der Waals surface area contributed by atoms with Gasteiger partial charge in [0, 0.05) is 23.7 Å². The topological polar surface area (TPSA) is 102 Å². The van der Waals surface area contributed by atoms with Crippen molar-refractivity contribution in [1.82, 2.24) is 15.0 Å². The molecule has 0 spiro atoms. The van der Waals surface area contributed by atoms with Crippen LogP contribution in [-0.4, -0.2) is 26.0 Å². The van der Waals surface area contributed by atoms with Gasteiger partial charge in [0.25, 0.3) is 0 Å². The summed E-state index contributed by atoms with van der Waals surface area (Å²) < 4.78 is 0. The van der Waals surface area contributed by atoms with Gasteiger partial charge in [-0.25, -0.2) is 9.97 Å². The number of carboxylic acid groups (broad SMARTS) is 1. The van der Waals surface area contributed by atoms with Crippen molar-refractivity contribution in [1.29, 1.82) is 0 Å². The second-order valence-electron chi connectivity index (χ2n) is 3.80. The van der Waals surface area contributed by atoms with Crippen molar-refractivity contribution in [2.45, 2.75) is 13.0 Å². The number of carboxylic acids is 1. The van der Waals surface area contributed by atoms with E-state index in [0.29, 0.717) is 11.4 Å². The van der Waals surface area contributed by atoms with E-state index in [1.165, 1.54) is 0 Å². The van der Waals surface area contributed by atoms with Crippen LogP contribution in [0.2, 0.25) is 0 Å². The molecule has 92 valence electrons. The molecule has 2 rings (SSSR count). The molecule has 2 aromatic rings. The molecule has 6 nitrogen and oxygen atoms in total. The molecule has 2 heterocycles. The van der Waals surface area contributed by atoms with Crippen LogP contribution in [0.25, 0.3) is 11.3 Å². The molecule has 1 unspecified atom stereocenters. The highest BCUT2D eigenvalue weighted by atomic mass is 16.4. The number of aliphatic carboxylic acids is 1. The lowest BCUT2D eigenvalue weighted by atomic mass is 10.1. The van der Waals surface area contributed by atoms with Gasteiger partial charge in [-0.05, 0) is 25.1 Å². The predicted octanol–water partition coefficient (Wildman–Crippen LogP) is 0.931. The van der Waals surface area contributed by atoms with Crippen molar-refractivity contribution in [2.75, 3.05) is 0 Å². The maximum absolute atomic E-state index is 10.8. The zero-order valence-corrected chi connectivity index (χ0v) is 9.74. The maximum Gasteiger partial charge on any atom is 0.328 e. The Kier molecular flexibility index (Phi) is 3.29. The van der Waals surface area contributed by atoms with Gasteiger partial charge in [0.2, 0.25) is 0 Å². The van der Waals surface area contributed by atoms with Gasteiger partial charge in [-0.1, -0.05) is 0 Å². The van der Waals surface area contributed by atoms with Crippen LogP contribution in [-0.2, 0) is 4.79 Å². The summed E-state index contributed by atoms with van der Waals surface area (Å²) >= 11 is 0. The van der Waals surface area contributed by atoms with Gasteiger partial charge < -0.3 is 10.8 Å². The summed E-state index contributed by atoms with van der Waals surface area (Å²) in [6.45, 7) is 1.77. The lowest BCUT2D eigenvalue weighted by Crippen LogP contribution is -2.23. The number of aromatic nitrogens is 3. The van der Waals surface area contributed by atoms with Crippen molar-refractivity contribution in [3.8, 4) is 11.3 Å². The normalized spacial score (nSPS) is 12.1. The lowest BCUT2D eigenvalue weighted by Gasteiger charge is -2.08. The highest BCUT2D eigenvalue weighted by molar-refractivity contribution is 5.74. The number of pyridine rings is 1. The Balaban J connectivity index is 2.48. The Labute approximate surface area is 104 Å². The fraction of sp³-hybridized carbons (Fsp3) is 0.167. The second kappa shape index (κ2) is 4.89. The van der Waals surface area contributed by atoms with E-state index in [2.05, 4.69) is 15.0 Å². The third-order valence-electron chi connectivity index (χ3n) is 2.39. The quantitative estimate of drug-likeness (QED) is 0.832. The van der Waals surface area contributed by atoms with Crippen LogP contribution in [0, 0.1) is 6.92 Å². The number of nitrogens with two attached hydrogens (primary N) is 1. The van der Waals surface area contributed by atoms with Gasteiger partial charge in [-0.3, -0.25) is 9.78 Å². The summed E-state index contributed by atoms with van der Waals surface area (Å²) in [4.78, 5) is 23.0. The largest absolute Gasteiger partial charge is 0.480 e. The van der Waals surface area contributed by atoms with Crippen molar-refractivity contribution >= 4 is 5.97 Å². The van der Waals surface area contributed by atoms with Crippen LogP contribution in [0.15, 0.2) is 30.6 Å². The summed E-state index contributed by atoms with van der Waals surface area (Å²) in [6, 6.07) is 4.13. The molecule has 18 heavy (non-hydrogen) atoms. The van der Waals surface area contributed by atoms with Gasteiger partial charge in [0.05, 0.1) is 5.69 Å². The molecule has 0 bridgehead atoms. The molecule has 1 atom stereocenters. The molecule has 0 amide bonds. The number of rotatable bonds is 3. The van der Waals surface area contributed by atoms with Gasteiger partial charge in [0.1, 0.15) is 0 Å². The summed E-state index contributed by atoms with van der Waals surface area (Å²) in [6.07, 6.45) is 3.28. The number of aryl methyl sites for hydroxylation is 1. The standard InChI is InChI=1S/C12H12N4O2/c1-7-6-9(8-2-4-14-5-3-8)16-11(15-7)10(13)12(17)18/h2-6,10H,13H2,1H3,(H,17,18). The number of hydrogen-bond donors (Lipinski definition) is 2. The minimum Gasteiger partial charge on any atom is -0.480 e. The van der Waals surface area contributed by atoms with Crippen molar-refractivity contribution in [2.24, 2.45) is 5.73 Å². The molecule has 0 fully saturated rings. The molecule has 2 aromatic heterocycles. The molecule has 0 radical (unpaired) electrons. The smallest absolute Gasteiger partial charge is 0.328 e. The molecule has 0 aliphatic rings. The molecule has 0 saturated carbocycles. The summed E-state index contributed by atoms with van der Waals surface area (Å²) in [5, 5.41) is 8.87.